The van der Waals surface area contributed by atoms with E-state index in [4.69, 9.17) is 5.84 Å². The standard InChI is InChI=1S/C17H21FN2/c1-11-4-6-14(8-13(11)3)17(20-19)10-15-9-16(18)7-5-12(15)2/h4-9,17,20H,10,19H2,1-3H3. The van der Waals surface area contributed by atoms with Crippen molar-refractivity contribution in [3.63, 3.8) is 0 Å². The zero-order valence-electron chi connectivity index (χ0n) is 12.2. The van der Waals surface area contributed by atoms with E-state index in [-0.39, 0.29) is 11.9 Å². The van der Waals surface area contributed by atoms with Crippen LogP contribution in [0.25, 0.3) is 0 Å². The first-order valence-corrected chi connectivity index (χ1v) is 6.79. The average molecular weight is 272 g/mol. The van der Waals surface area contributed by atoms with Gasteiger partial charge < -0.3 is 0 Å². The van der Waals surface area contributed by atoms with Crippen LogP contribution in [0.15, 0.2) is 36.4 Å². The first-order chi connectivity index (χ1) is 9.51. The molecule has 2 aromatic rings. The molecule has 20 heavy (non-hydrogen) atoms. The van der Waals surface area contributed by atoms with Crippen LogP contribution in [0.4, 0.5) is 4.39 Å². The normalized spacial score (nSPS) is 12.4. The first kappa shape index (κ1) is 14.7. The number of benzene rings is 2. The quantitative estimate of drug-likeness (QED) is 0.660. The van der Waals surface area contributed by atoms with Gasteiger partial charge in [-0.1, -0.05) is 24.3 Å². The maximum absolute atomic E-state index is 13.4. The highest BCUT2D eigenvalue weighted by molar-refractivity contribution is 5.34. The zero-order valence-corrected chi connectivity index (χ0v) is 12.2. The van der Waals surface area contributed by atoms with Crippen molar-refractivity contribution in [1.29, 1.82) is 0 Å². The molecule has 0 aromatic heterocycles. The fraction of sp³-hybridized carbons (Fsp3) is 0.294. The summed E-state index contributed by atoms with van der Waals surface area (Å²) in [5, 5.41) is 0. The Morgan fingerprint density at radius 2 is 1.70 bits per heavy atom. The summed E-state index contributed by atoms with van der Waals surface area (Å²) >= 11 is 0. The molecule has 0 saturated carbocycles. The molecule has 2 nitrogen and oxygen atoms in total. The van der Waals surface area contributed by atoms with Crippen molar-refractivity contribution in [2.75, 3.05) is 0 Å². The monoisotopic (exact) mass is 272 g/mol. The van der Waals surface area contributed by atoms with E-state index >= 15 is 0 Å². The predicted octanol–water partition coefficient (Wildman–Crippen LogP) is 3.50. The minimum absolute atomic E-state index is 0.0187. The highest BCUT2D eigenvalue weighted by atomic mass is 19.1. The van der Waals surface area contributed by atoms with Crippen molar-refractivity contribution in [1.82, 2.24) is 5.43 Å². The summed E-state index contributed by atoms with van der Waals surface area (Å²) in [6.07, 6.45) is 0.669. The van der Waals surface area contributed by atoms with Crippen molar-refractivity contribution in [3.05, 3.63) is 70.0 Å². The largest absolute Gasteiger partial charge is 0.271 e. The fourth-order valence-corrected chi connectivity index (χ4v) is 2.33. The van der Waals surface area contributed by atoms with Crippen LogP contribution < -0.4 is 11.3 Å². The molecule has 2 aromatic carbocycles. The lowest BCUT2D eigenvalue weighted by atomic mass is 9.94. The van der Waals surface area contributed by atoms with E-state index in [9.17, 15) is 4.39 Å². The molecule has 0 amide bonds. The smallest absolute Gasteiger partial charge is 0.123 e. The first-order valence-electron chi connectivity index (χ1n) is 6.79. The van der Waals surface area contributed by atoms with E-state index < -0.39 is 0 Å². The number of hydrogen-bond donors (Lipinski definition) is 2. The van der Waals surface area contributed by atoms with Crippen LogP contribution in [0, 0.1) is 26.6 Å². The lowest BCUT2D eigenvalue weighted by Crippen LogP contribution is -2.29. The van der Waals surface area contributed by atoms with Crippen molar-refractivity contribution >= 4 is 0 Å². The predicted molar refractivity (Wildman–Crippen MR) is 80.8 cm³/mol. The van der Waals surface area contributed by atoms with Crippen LogP contribution in [0.3, 0.4) is 0 Å². The van der Waals surface area contributed by atoms with Gasteiger partial charge in [-0.15, -0.1) is 0 Å². The molecule has 0 spiro atoms. The molecule has 2 rings (SSSR count). The number of nitrogens with two attached hydrogens (primary N) is 1. The SMILES string of the molecule is Cc1ccc(C(Cc2cc(F)ccc2C)NN)cc1C. The topological polar surface area (TPSA) is 38.0 Å². The van der Waals surface area contributed by atoms with E-state index in [2.05, 4.69) is 37.5 Å². The molecular weight excluding hydrogens is 251 g/mol. The van der Waals surface area contributed by atoms with Gasteiger partial charge in [-0.2, -0.15) is 0 Å². The summed E-state index contributed by atoms with van der Waals surface area (Å²) in [5.74, 6) is 5.48. The summed E-state index contributed by atoms with van der Waals surface area (Å²) < 4.78 is 13.4. The van der Waals surface area contributed by atoms with Crippen LogP contribution in [0.5, 0.6) is 0 Å². The molecule has 0 radical (unpaired) electrons. The molecule has 3 N–H and O–H groups in total. The third kappa shape index (κ3) is 3.24. The van der Waals surface area contributed by atoms with Crippen molar-refractivity contribution in [3.8, 4) is 0 Å². The van der Waals surface area contributed by atoms with E-state index in [1.54, 1.807) is 12.1 Å². The third-order valence-electron chi connectivity index (χ3n) is 3.87. The summed E-state index contributed by atoms with van der Waals surface area (Å²) in [5.41, 5.74) is 8.51. The molecule has 0 bridgehead atoms. The number of halogens is 1. The second-order valence-corrected chi connectivity index (χ2v) is 5.34. The van der Waals surface area contributed by atoms with Gasteiger partial charge in [0.05, 0.1) is 6.04 Å². The minimum Gasteiger partial charge on any atom is -0.271 e. The number of rotatable bonds is 4. The van der Waals surface area contributed by atoms with Gasteiger partial charge in [0, 0.05) is 0 Å². The molecule has 0 aliphatic heterocycles. The maximum atomic E-state index is 13.4. The molecule has 1 atom stereocenters. The summed E-state index contributed by atoms with van der Waals surface area (Å²) in [4.78, 5) is 0. The zero-order chi connectivity index (χ0) is 14.7. The van der Waals surface area contributed by atoms with Crippen LogP contribution in [-0.2, 0) is 6.42 Å². The van der Waals surface area contributed by atoms with Gasteiger partial charge in [-0.05, 0) is 67.1 Å². The number of hydrazine groups is 1. The summed E-state index contributed by atoms with van der Waals surface area (Å²) in [6.45, 7) is 6.16. The van der Waals surface area contributed by atoms with E-state index in [1.165, 1.54) is 17.2 Å². The maximum Gasteiger partial charge on any atom is 0.123 e. The Hall–Kier alpha value is -1.71. The molecule has 1 unspecified atom stereocenters. The molecule has 0 fully saturated rings. The van der Waals surface area contributed by atoms with Gasteiger partial charge in [-0.3, -0.25) is 11.3 Å². The Morgan fingerprint density at radius 3 is 2.35 bits per heavy atom. The average Bonchev–Trinajstić information content (AvgIpc) is 2.43. The summed E-state index contributed by atoms with van der Waals surface area (Å²) in [6, 6.07) is 11.2. The van der Waals surface area contributed by atoms with E-state index in [1.807, 2.05) is 6.92 Å². The van der Waals surface area contributed by atoms with Gasteiger partial charge in [0.2, 0.25) is 0 Å². The van der Waals surface area contributed by atoms with Gasteiger partial charge in [0.25, 0.3) is 0 Å². The highest BCUT2D eigenvalue weighted by Gasteiger charge is 2.13. The Labute approximate surface area is 119 Å². The molecule has 106 valence electrons. The number of hydrogen-bond acceptors (Lipinski definition) is 2. The van der Waals surface area contributed by atoms with Crippen LogP contribution in [0.2, 0.25) is 0 Å². The second-order valence-electron chi connectivity index (χ2n) is 5.34. The van der Waals surface area contributed by atoms with Crippen LogP contribution in [0.1, 0.15) is 33.9 Å². The van der Waals surface area contributed by atoms with Gasteiger partial charge in [0.15, 0.2) is 0 Å². The molecule has 0 aliphatic rings. The van der Waals surface area contributed by atoms with E-state index in [0.717, 1.165) is 16.7 Å². The van der Waals surface area contributed by atoms with Gasteiger partial charge in [-0.25, -0.2) is 4.39 Å². The molecule has 0 saturated heterocycles. The summed E-state index contributed by atoms with van der Waals surface area (Å²) in [7, 11) is 0. The van der Waals surface area contributed by atoms with Crippen LogP contribution >= 0.6 is 0 Å². The van der Waals surface area contributed by atoms with Crippen molar-refractivity contribution in [2.24, 2.45) is 5.84 Å². The Kier molecular flexibility index (Phi) is 4.53. The molecule has 0 aliphatic carbocycles. The highest BCUT2D eigenvalue weighted by Crippen LogP contribution is 2.22. The Balaban J connectivity index is 2.28. The molecule has 0 heterocycles. The van der Waals surface area contributed by atoms with Gasteiger partial charge in [0.1, 0.15) is 5.82 Å². The van der Waals surface area contributed by atoms with Gasteiger partial charge >= 0.3 is 0 Å². The Bertz CT molecular complexity index is 608. The third-order valence-corrected chi connectivity index (χ3v) is 3.87. The second kappa shape index (κ2) is 6.16. The Morgan fingerprint density at radius 1 is 1.00 bits per heavy atom. The lowest BCUT2D eigenvalue weighted by Gasteiger charge is -2.19. The number of nitrogens with one attached hydrogen (secondary N) is 1. The van der Waals surface area contributed by atoms with Crippen LogP contribution in [-0.4, -0.2) is 0 Å². The van der Waals surface area contributed by atoms with Crippen molar-refractivity contribution < 1.29 is 4.39 Å². The fourth-order valence-electron chi connectivity index (χ4n) is 2.33. The molecule has 3 heteroatoms. The lowest BCUT2D eigenvalue weighted by molar-refractivity contribution is 0.547. The molecular formula is C17H21FN2. The number of aryl methyl sites for hydroxylation is 3. The van der Waals surface area contributed by atoms with E-state index in [0.29, 0.717) is 6.42 Å². The van der Waals surface area contributed by atoms with Crippen molar-refractivity contribution in [2.45, 2.75) is 33.2 Å². The minimum atomic E-state index is -0.207.